The van der Waals surface area contributed by atoms with Gasteiger partial charge in [-0.1, -0.05) is 17.8 Å². The Hall–Kier alpha value is -1.60. The minimum Gasteiger partial charge on any atom is -0.465 e. The number of hydrogen-bond acceptors (Lipinski definition) is 6. The molecule has 0 saturated heterocycles. The molecule has 5 nitrogen and oxygen atoms in total. The van der Waals surface area contributed by atoms with Crippen LogP contribution in [0.3, 0.4) is 0 Å². The summed E-state index contributed by atoms with van der Waals surface area (Å²) in [6.45, 7) is 6.66. The predicted octanol–water partition coefficient (Wildman–Crippen LogP) is 3.73. The summed E-state index contributed by atoms with van der Waals surface area (Å²) < 4.78 is 7.02. The van der Waals surface area contributed by atoms with Gasteiger partial charge in [0.2, 0.25) is 0 Å². The summed E-state index contributed by atoms with van der Waals surface area (Å²) in [7, 11) is 0. The van der Waals surface area contributed by atoms with E-state index in [-0.39, 0.29) is 11.7 Å². The van der Waals surface area contributed by atoms with Gasteiger partial charge < -0.3 is 4.74 Å². The number of rotatable bonds is 7. The first-order chi connectivity index (χ1) is 11.7. The van der Waals surface area contributed by atoms with Crippen LogP contribution in [0.15, 0.2) is 23.2 Å². The molecule has 0 bridgehead atoms. The number of hydrogen-bond donors (Lipinski definition) is 0. The summed E-state index contributed by atoms with van der Waals surface area (Å²) >= 11 is 3.18. The predicted molar refractivity (Wildman–Crippen MR) is 97.5 cm³/mol. The van der Waals surface area contributed by atoms with Gasteiger partial charge in [-0.05, 0) is 38.2 Å². The van der Waals surface area contributed by atoms with Crippen molar-refractivity contribution in [1.82, 2.24) is 14.8 Å². The van der Waals surface area contributed by atoms with E-state index in [1.54, 1.807) is 6.92 Å². The normalized spacial score (nSPS) is 13.5. The van der Waals surface area contributed by atoms with Crippen LogP contribution < -0.4 is 0 Å². The fraction of sp³-hybridized carbons (Fsp3) is 0.471. The lowest BCUT2D eigenvalue weighted by molar-refractivity contribution is -0.139. The van der Waals surface area contributed by atoms with Gasteiger partial charge in [-0.25, -0.2) is 0 Å². The highest BCUT2D eigenvalue weighted by Gasteiger charge is 2.22. The first kappa shape index (κ1) is 17.2. The Morgan fingerprint density at radius 2 is 2.29 bits per heavy atom. The van der Waals surface area contributed by atoms with Crippen molar-refractivity contribution in [3.8, 4) is 11.4 Å². The highest BCUT2D eigenvalue weighted by Crippen LogP contribution is 2.36. The molecule has 2 aromatic rings. The number of carbonyl (C=O) groups excluding carboxylic acids is 1. The van der Waals surface area contributed by atoms with E-state index in [0.29, 0.717) is 13.2 Å². The van der Waals surface area contributed by atoms with Crippen LogP contribution in [0.25, 0.3) is 11.4 Å². The third-order valence-corrected chi connectivity index (χ3v) is 5.98. The molecule has 0 aliphatic heterocycles. The lowest BCUT2D eigenvalue weighted by atomic mass is 9.95. The maximum Gasteiger partial charge on any atom is 0.316 e. The van der Waals surface area contributed by atoms with E-state index in [0.717, 1.165) is 17.4 Å². The molecule has 1 aliphatic rings. The zero-order chi connectivity index (χ0) is 16.9. The quantitative estimate of drug-likeness (QED) is 0.426. The Labute approximate surface area is 150 Å². The number of aryl methyl sites for hydroxylation is 1. The smallest absolute Gasteiger partial charge is 0.316 e. The van der Waals surface area contributed by atoms with Crippen molar-refractivity contribution in [1.29, 1.82) is 0 Å². The van der Waals surface area contributed by atoms with E-state index in [1.807, 2.05) is 22.0 Å². The van der Waals surface area contributed by atoms with Gasteiger partial charge in [0.05, 0.1) is 12.4 Å². The van der Waals surface area contributed by atoms with Gasteiger partial charge in [-0.2, -0.15) is 0 Å². The lowest BCUT2D eigenvalue weighted by Crippen LogP contribution is -2.08. The van der Waals surface area contributed by atoms with Crippen molar-refractivity contribution in [2.45, 2.75) is 44.3 Å². The average Bonchev–Trinajstić information content (AvgIpc) is 3.17. The van der Waals surface area contributed by atoms with Crippen molar-refractivity contribution in [3.05, 3.63) is 28.5 Å². The molecule has 24 heavy (non-hydrogen) atoms. The Balaban J connectivity index is 1.87. The lowest BCUT2D eigenvalue weighted by Gasteiger charge is -2.13. The number of allylic oxidation sites excluding steroid dienone is 1. The number of thioether (sulfide) groups is 1. The van der Waals surface area contributed by atoms with Crippen molar-refractivity contribution < 1.29 is 9.53 Å². The van der Waals surface area contributed by atoms with Crippen molar-refractivity contribution in [3.63, 3.8) is 0 Å². The molecule has 2 heterocycles. The SMILES string of the molecule is C=CCn1c(SCC(=O)OCC)nnc1-c1csc2c1CCCC2. The Kier molecular flexibility index (Phi) is 5.73. The van der Waals surface area contributed by atoms with Crippen molar-refractivity contribution >= 4 is 29.1 Å². The van der Waals surface area contributed by atoms with Crippen molar-refractivity contribution in [2.24, 2.45) is 0 Å². The van der Waals surface area contributed by atoms with Gasteiger partial charge in [0.15, 0.2) is 11.0 Å². The van der Waals surface area contributed by atoms with Crippen LogP contribution in [0.1, 0.15) is 30.2 Å². The summed E-state index contributed by atoms with van der Waals surface area (Å²) in [5, 5.41) is 11.6. The number of esters is 1. The third-order valence-electron chi connectivity index (χ3n) is 3.96. The molecule has 7 heteroatoms. The molecule has 0 fully saturated rings. The molecule has 0 amide bonds. The maximum absolute atomic E-state index is 11.6. The Bertz CT molecular complexity index is 736. The van der Waals surface area contributed by atoms with Crippen molar-refractivity contribution in [2.75, 3.05) is 12.4 Å². The Morgan fingerprint density at radius 1 is 1.46 bits per heavy atom. The third kappa shape index (κ3) is 3.57. The maximum atomic E-state index is 11.6. The van der Waals surface area contributed by atoms with Crippen LogP contribution in [0, 0.1) is 0 Å². The van der Waals surface area contributed by atoms with Crippen LogP contribution in [0.5, 0.6) is 0 Å². The minimum absolute atomic E-state index is 0.231. The minimum atomic E-state index is -0.231. The molecule has 1 aliphatic carbocycles. The van der Waals surface area contributed by atoms with E-state index >= 15 is 0 Å². The zero-order valence-electron chi connectivity index (χ0n) is 13.8. The van der Waals surface area contributed by atoms with Crippen LogP contribution in [-0.2, 0) is 28.9 Å². The van der Waals surface area contributed by atoms with Gasteiger partial charge in [-0.3, -0.25) is 9.36 Å². The molecular formula is C17H21N3O2S2. The van der Waals surface area contributed by atoms with E-state index in [2.05, 4.69) is 22.2 Å². The number of fused-ring (bicyclic) bond motifs is 1. The van der Waals surface area contributed by atoms with Gasteiger partial charge in [0.25, 0.3) is 0 Å². The summed E-state index contributed by atoms with van der Waals surface area (Å²) in [5.74, 6) is 0.885. The number of thiophene rings is 1. The van der Waals surface area contributed by atoms with Gasteiger partial charge >= 0.3 is 5.97 Å². The molecule has 128 valence electrons. The molecule has 0 spiro atoms. The van der Waals surface area contributed by atoms with Crippen LogP contribution >= 0.6 is 23.1 Å². The molecule has 0 atom stereocenters. The van der Waals surface area contributed by atoms with Gasteiger partial charge in [0, 0.05) is 22.4 Å². The van der Waals surface area contributed by atoms with Crippen LogP contribution in [-0.4, -0.2) is 33.1 Å². The molecule has 0 saturated carbocycles. The number of carbonyl (C=O) groups is 1. The highest BCUT2D eigenvalue weighted by atomic mass is 32.2. The molecule has 0 N–H and O–H groups in total. The van der Waals surface area contributed by atoms with E-state index < -0.39 is 0 Å². The topological polar surface area (TPSA) is 57.0 Å². The average molecular weight is 364 g/mol. The largest absolute Gasteiger partial charge is 0.465 e. The van der Waals surface area contributed by atoms with E-state index in [4.69, 9.17) is 4.74 Å². The molecule has 0 aromatic carbocycles. The molecular weight excluding hydrogens is 342 g/mol. The van der Waals surface area contributed by atoms with Gasteiger partial charge in [-0.15, -0.1) is 28.1 Å². The summed E-state index contributed by atoms with van der Waals surface area (Å²) in [5.41, 5.74) is 2.61. The van der Waals surface area contributed by atoms with Crippen LogP contribution in [0.4, 0.5) is 0 Å². The molecule has 0 unspecified atom stereocenters. The summed E-state index contributed by atoms with van der Waals surface area (Å²) in [4.78, 5) is 13.1. The van der Waals surface area contributed by atoms with E-state index in [9.17, 15) is 4.79 Å². The van der Waals surface area contributed by atoms with Gasteiger partial charge in [0.1, 0.15) is 0 Å². The fourth-order valence-electron chi connectivity index (χ4n) is 2.90. The summed E-state index contributed by atoms with van der Waals surface area (Å²) in [6, 6.07) is 0. The molecule has 2 aromatic heterocycles. The number of aromatic nitrogens is 3. The zero-order valence-corrected chi connectivity index (χ0v) is 15.4. The summed E-state index contributed by atoms with van der Waals surface area (Å²) in [6.07, 6.45) is 6.62. The molecule has 3 rings (SSSR count). The number of nitrogens with zero attached hydrogens (tertiary/aromatic N) is 3. The first-order valence-electron chi connectivity index (χ1n) is 8.16. The van der Waals surface area contributed by atoms with E-state index in [1.165, 1.54) is 47.0 Å². The standard InChI is InChI=1S/C17H21N3O2S2/c1-3-9-20-16(13-10-23-14-8-6-5-7-12(13)14)18-19-17(20)24-11-15(21)22-4-2/h3,10H,1,4-9,11H2,2H3. The monoisotopic (exact) mass is 363 g/mol. The second-order valence-corrected chi connectivity index (χ2v) is 7.46. The second-order valence-electron chi connectivity index (χ2n) is 5.56. The molecule has 0 radical (unpaired) electrons. The first-order valence-corrected chi connectivity index (χ1v) is 10.0. The fourth-order valence-corrected chi connectivity index (χ4v) is 4.77. The van der Waals surface area contributed by atoms with Crippen LogP contribution in [0.2, 0.25) is 0 Å². The Morgan fingerprint density at radius 3 is 3.08 bits per heavy atom. The number of ether oxygens (including phenoxy) is 1. The second kappa shape index (κ2) is 7.98. The highest BCUT2D eigenvalue weighted by molar-refractivity contribution is 7.99.